The van der Waals surface area contributed by atoms with Gasteiger partial charge in [0, 0.05) is 17.3 Å². The molecule has 0 saturated carbocycles. The zero-order valence-corrected chi connectivity index (χ0v) is 15.7. The van der Waals surface area contributed by atoms with Crippen LogP contribution in [0.3, 0.4) is 0 Å². The zero-order chi connectivity index (χ0) is 21.2. The summed E-state index contributed by atoms with van der Waals surface area (Å²) < 4.78 is 39.6. The van der Waals surface area contributed by atoms with Gasteiger partial charge in [-0.15, -0.1) is 10.2 Å². The molecule has 2 aromatic heterocycles. The second-order valence-corrected chi connectivity index (χ2v) is 6.65. The molecule has 0 bridgehead atoms. The summed E-state index contributed by atoms with van der Waals surface area (Å²) in [5, 5.41) is 10.1. The Morgan fingerprint density at radius 2 is 2.00 bits per heavy atom. The SMILES string of the molecule is Cc1ccc(-c2cc(C(=O)N[C@@H](C)c3nnc[nH]3)cc(C(N)C(F)(F)F)c2)nc1. The summed E-state index contributed by atoms with van der Waals surface area (Å²) in [7, 11) is 0. The standard InChI is InChI=1S/C19H19F3N6O/c1-10-3-4-15(24-8-10)12-5-13(16(23)19(20,21)22)7-14(6-12)18(29)27-11(2)17-25-9-26-28-17/h3-9,11,16H,23H2,1-2H3,(H,27,29)(H,25,26,28)/t11-,16?/m0/s1. The fourth-order valence-electron chi connectivity index (χ4n) is 2.71. The minimum atomic E-state index is -4.65. The molecule has 1 amide bonds. The van der Waals surface area contributed by atoms with E-state index >= 15 is 0 Å². The van der Waals surface area contributed by atoms with Crippen molar-refractivity contribution in [1.82, 2.24) is 25.5 Å². The Morgan fingerprint density at radius 1 is 1.24 bits per heavy atom. The molecule has 0 aliphatic carbocycles. The first-order valence-corrected chi connectivity index (χ1v) is 8.72. The van der Waals surface area contributed by atoms with Gasteiger partial charge in [-0.2, -0.15) is 13.2 Å². The number of aromatic amines is 1. The molecular formula is C19H19F3N6O. The second kappa shape index (κ2) is 8.00. The number of aryl methyl sites for hydroxylation is 1. The van der Waals surface area contributed by atoms with Crippen LogP contribution in [0, 0.1) is 6.92 Å². The number of nitrogens with one attached hydrogen (secondary N) is 2. The lowest BCUT2D eigenvalue weighted by molar-refractivity contribution is -0.149. The smallest absolute Gasteiger partial charge is 0.342 e. The summed E-state index contributed by atoms with van der Waals surface area (Å²) >= 11 is 0. The van der Waals surface area contributed by atoms with Crippen molar-refractivity contribution < 1.29 is 18.0 Å². The number of pyridine rings is 1. The normalized spacial score (nSPS) is 13.7. The Kier molecular flexibility index (Phi) is 5.64. The number of rotatable bonds is 5. The number of amides is 1. The Balaban J connectivity index is 1.99. The van der Waals surface area contributed by atoms with Crippen LogP contribution in [0.25, 0.3) is 11.3 Å². The number of halogens is 3. The van der Waals surface area contributed by atoms with Crippen LogP contribution >= 0.6 is 0 Å². The highest BCUT2D eigenvalue weighted by atomic mass is 19.4. The van der Waals surface area contributed by atoms with Crippen molar-refractivity contribution in [3.05, 3.63) is 65.4 Å². The number of carbonyl (C=O) groups is 1. The van der Waals surface area contributed by atoms with Crippen molar-refractivity contribution in [2.24, 2.45) is 5.73 Å². The summed E-state index contributed by atoms with van der Waals surface area (Å²) in [6.45, 7) is 3.52. The molecule has 3 aromatic rings. The average Bonchev–Trinajstić information content (AvgIpc) is 3.22. The van der Waals surface area contributed by atoms with Gasteiger partial charge in [-0.25, -0.2) is 0 Å². The summed E-state index contributed by atoms with van der Waals surface area (Å²) in [4.78, 5) is 19.7. The molecule has 3 rings (SSSR count). The van der Waals surface area contributed by atoms with Gasteiger partial charge in [-0.3, -0.25) is 9.78 Å². The van der Waals surface area contributed by atoms with Gasteiger partial charge in [0.1, 0.15) is 12.4 Å². The van der Waals surface area contributed by atoms with E-state index in [4.69, 9.17) is 5.73 Å². The topological polar surface area (TPSA) is 110 Å². The molecule has 0 aliphatic rings. The maximum absolute atomic E-state index is 13.2. The number of carbonyl (C=O) groups excluding carboxylic acids is 1. The quantitative estimate of drug-likeness (QED) is 0.605. The number of alkyl halides is 3. The van der Waals surface area contributed by atoms with Crippen LogP contribution in [-0.2, 0) is 0 Å². The van der Waals surface area contributed by atoms with E-state index in [1.165, 1.54) is 18.5 Å². The first-order valence-electron chi connectivity index (χ1n) is 8.72. The largest absolute Gasteiger partial charge is 0.407 e. The zero-order valence-electron chi connectivity index (χ0n) is 15.7. The molecule has 4 N–H and O–H groups in total. The lowest BCUT2D eigenvalue weighted by atomic mass is 9.98. The lowest BCUT2D eigenvalue weighted by Crippen LogP contribution is -2.30. The first kappa shape index (κ1) is 20.5. The number of aromatic nitrogens is 4. The monoisotopic (exact) mass is 404 g/mol. The number of hydrogen-bond acceptors (Lipinski definition) is 5. The highest BCUT2D eigenvalue weighted by Crippen LogP contribution is 2.33. The molecule has 2 heterocycles. The van der Waals surface area contributed by atoms with Gasteiger partial charge < -0.3 is 16.0 Å². The third kappa shape index (κ3) is 4.77. The number of hydrogen-bond donors (Lipinski definition) is 3. The maximum atomic E-state index is 13.2. The van der Waals surface area contributed by atoms with Crippen molar-refractivity contribution in [3.63, 3.8) is 0 Å². The van der Waals surface area contributed by atoms with Gasteiger partial charge in [0.05, 0.1) is 11.7 Å². The van der Waals surface area contributed by atoms with E-state index in [1.807, 2.05) is 6.92 Å². The van der Waals surface area contributed by atoms with Crippen molar-refractivity contribution in [3.8, 4) is 11.3 Å². The summed E-state index contributed by atoms with van der Waals surface area (Å²) in [6.07, 6.45) is -1.69. The molecule has 2 atom stereocenters. The average molecular weight is 404 g/mol. The number of nitrogens with zero attached hydrogens (tertiary/aromatic N) is 3. The highest BCUT2D eigenvalue weighted by Gasteiger charge is 2.38. The van der Waals surface area contributed by atoms with Gasteiger partial charge in [0.25, 0.3) is 5.91 Å². The van der Waals surface area contributed by atoms with Gasteiger partial charge >= 0.3 is 6.18 Å². The van der Waals surface area contributed by atoms with Crippen LogP contribution in [0.2, 0.25) is 0 Å². The van der Waals surface area contributed by atoms with E-state index in [0.29, 0.717) is 17.1 Å². The van der Waals surface area contributed by atoms with E-state index in [1.54, 1.807) is 25.3 Å². The first-order chi connectivity index (χ1) is 13.6. The van der Waals surface area contributed by atoms with Gasteiger partial charge in [0.2, 0.25) is 0 Å². The molecule has 152 valence electrons. The predicted octanol–water partition coefficient (Wildman–Crippen LogP) is 3.23. The Morgan fingerprint density at radius 3 is 2.59 bits per heavy atom. The highest BCUT2D eigenvalue weighted by molar-refractivity contribution is 5.96. The molecule has 10 heteroatoms. The van der Waals surface area contributed by atoms with Crippen LogP contribution in [0.5, 0.6) is 0 Å². The Bertz CT molecular complexity index is 986. The van der Waals surface area contributed by atoms with Crippen molar-refractivity contribution >= 4 is 5.91 Å². The number of H-pyrrole nitrogens is 1. The van der Waals surface area contributed by atoms with E-state index in [0.717, 1.165) is 11.6 Å². The molecule has 29 heavy (non-hydrogen) atoms. The van der Waals surface area contributed by atoms with Crippen LogP contribution in [-0.4, -0.2) is 32.2 Å². The molecule has 1 aromatic carbocycles. The summed E-state index contributed by atoms with van der Waals surface area (Å²) in [5.41, 5.74) is 6.89. The number of nitrogens with two attached hydrogens (primary N) is 1. The maximum Gasteiger partial charge on any atom is 0.407 e. The summed E-state index contributed by atoms with van der Waals surface area (Å²) in [6, 6.07) is 4.62. The molecule has 0 spiro atoms. The Hall–Kier alpha value is -3.27. The molecule has 0 saturated heterocycles. The predicted molar refractivity (Wildman–Crippen MR) is 99.7 cm³/mol. The fourth-order valence-corrected chi connectivity index (χ4v) is 2.71. The van der Waals surface area contributed by atoms with Gasteiger partial charge in [0.15, 0.2) is 5.82 Å². The van der Waals surface area contributed by atoms with Crippen molar-refractivity contribution in [2.75, 3.05) is 0 Å². The molecule has 0 aliphatic heterocycles. The third-order valence-corrected chi connectivity index (χ3v) is 4.33. The van der Waals surface area contributed by atoms with E-state index < -0.39 is 24.2 Å². The number of benzene rings is 1. The third-order valence-electron chi connectivity index (χ3n) is 4.33. The molecule has 7 nitrogen and oxygen atoms in total. The van der Waals surface area contributed by atoms with Crippen LogP contribution in [0.1, 0.15) is 46.3 Å². The summed E-state index contributed by atoms with van der Waals surface area (Å²) in [5.74, 6) is -0.152. The van der Waals surface area contributed by atoms with Crippen molar-refractivity contribution in [1.29, 1.82) is 0 Å². The van der Waals surface area contributed by atoms with Gasteiger partial charge in [-0.05, 0) is 49.2 Å². The van der Waals surface area contributed by atoms with Crippen LogP contribution < -0.4 is 11.1 Å². The minimum absolute atomic E-state index is 0.0333. The van der Waals surface area contributed by atoms with Crippen LogP contribution in [0.15, 0.2) is 42.9 Å². The van der Waals surface area contributed by atoms with Crippen molar-refractivity contribution in [2.45, 2.75) is 32.1 Å². The Labute approximate surface area is 164 Å². The molecule has 1 unspecified atom stereocenters. The fraction of sp³-hybridized carbons (Fsp3) is 0.263. The molecule has 0 radical (unpaired) electrons. The molecule has 0 fully saturated rings. The minimum Gasteiger partial charge on any atom is -0.342 e. The lowest BCUT2D eigenvalue weighted by Gasteiger charge is -2.18. The van der Waals surface area contributed by atoms with Crippen LogP contribution in [0.4, 0.5) is 13.2 Å². The van der Waals surface area contributed by atoms with E-state index in [2.05, 4.69) is 25.5 Å². The molecular weight excluding hydrogens is 385 g/mol. The van der Waals surface area contributed by atoms with Gasteiger partial charge in [-0.1, -0.05) is 6.07 Å². The van der Waals surface area contributed by atoms with E-state index in [-0.39, 0.29) is 11.1 Å². The van der Waals surface area contributed by atoms with E-state index in [9.17, 15) is 18.0 Å². The second-order valence-electron chi connectivity index (χ2n) is 6.65.